The molecule has 1 aromatic heterocycles. The molecule has 0 aliphatic carbocycles. The molecule has 1 aliphatic heterocycles. The molecule has 2 aromatic rings. The van der Waals surface area contributed by atoms with Crippen molar-refractivity contribution < 1.29 is 9.47 Å². The van der Waals surface area contributed by atoms with Gasteiger partial charge < -0.3 is 15.2 Å². The SMILES string of the molecule is Nc1ccc2nc(C3COCCO3)sc2c1. The van der Waals surface area contributed by atoms with Gasteiger partial charge in [-0.2, -0.15) is 0 Å². The smallest absolute Gasteiger partial charge is 0.132 e. The van der Waals surface area contributed by atoms with Crippen LogP contribution in [0.4, 0.5) is 5.69 Å². The van der Waals surface area contributed by atoms with Crippen LogP contribution in [0.1, 0.15) is 11.1 Å². The van der Waals surface area contributed by atoms with Crippen LogP contribution in [0.15, 0.2) is 18.2 Å². The minimum absolute atomic E-state index is 0.0209. The zero-order chi connectivity index (χ0) is 11.0. The van der Waals surface area contributed by atoms with Crippen LogP contribution in [0, 0.1) is 0 Å². The summed E-state index contributed by atoms with van der Waals surface area (Å²) in [5.41, 5.74) is 7.48. The van der Waals surface area contributed by atoms with Crippen molar-refractivity contribution in [3.8, 4) is 0 Å². The summed E-state index contributed by atoms with van der Waals surface area (Å²) < 4.78 is 12.1. The van der Waals surface area contributed by atoms with E-state index < -0.39 is 0 Å². The maximum atomic E-state index is 5.73. The Bertz CT molecular complexity index is 506. The Morgan fingerprint density at radius 1 is 1.38 bits per heavy atom. The van der Waals surface area contributed by atoms with Crippen LogP contribution in [0.3, 0.4) is 0 Å². The molecule has 2 heterocycles. The highest BCUT2D eigenvalue weighted by Crippen LogP contribution is 2.30. The highest BCUT2D eigenvalue weighted by Gasteiger charge is 2.20. The lowest BCUT2D eigenvalue weighted by atomic mass is 10.3. The quantitative estimate of drug-likeness (QED) is 0.769. The van der Waals surface area contributed by atoms with Gasteiger partial charge in [0.25, 0.3) is 0 Å². The van der Waals surface area contributed by atoms with E-state index in [1.165, 1.54) is 0 Å². The predicted molar refractivity (Wildman–Crippen MR) is 63.5 cm³/mol. The first-order chi connectivity index (χ1) is 7.83. The molecule has 0 saturated carbocycles. The molecule has 1 fully saturated rings. The standard InChI is InChI=1S/C11H12N2O2S/c12-7-1-2-8-10(5-7)16-11(13-8)9-6-14-3-4-15-9/h1-2,5,9H,3-4,6,12H2. The van der Waals surface area contributed by atoms with Crippen molar-refractivity contribution in [1.82, 2.24) is 4.98 Å². The van der Waals surface area contributed by atoms with Crippen molar-refractivity contribution in [2.75, 3.05) is 25.6 Å². The normalized spacial score (nSPS) is 21.4. The zero-order valence-corrected chi connectivity index (χ0v) is 9.50. The molecular formula is C11H12N2O2S. The summed E-state index contributed by atoms with van der Waals surface area (Å²) >= 11 is 1.62. The number of thiazole rings is 1. The van der Waals surface area contributed by atoms with Crippen molar-refractivity contribution in [3.63, 3.8) is 0 Å². The molecule has 3 rings (SSSR count). The first-order valence-electron chi connectivity index (χ1n) is 5.18. The summed E-state index contributed by atoms with van der Waals surface area (Å²) in [6, 6.07) is 5.75. The second kappa shape index (κ2) is 4.01. The third-order valence-corrected chi connectivity index (χ3v) is 3.63. The van der Waals surface area contributed by atoms with Gasteiger partial charge in [-0.1, -0.05) is 0 Å². The van der Waals surface area contributed by atoms with E-state index in [0.29, 0.717) is 19.8 Å². The van der Waals surface area contributed by atoms with Gasteiger partial charge in [0.15, 0.2) is 0 Å². The van der Waals surface area contributed by atoms with Gasteiger partial charge in [-0.3, -0.25) is 0 Å². The monoisotopic (exact) mass is 236 g/mol. The number of hydrogen-bond donors (Lipinski definition) is 1. The summed E-state index contributed by atoms with van der Waals surface area (Å²) in [6.45, 7) is 1.91. The van der Waals surface area contributed by atoms with E-state index in [-0.39, 0.29) is 6.10 Å². The number of anilines is 1. The molecule has 1 unspecified atom stereocenters. The number of ether oxygens (including phenoxy) is 2. The number of nitrogens with zero attached hydrogens (tertiary/aromatic N) is 1. The Morgan fingerprint density at radius 2 is 2.31 bits per heavy atom. The van der Waals surface area contributed by atoms with E-state index in [2.05, 4.69) is 4.98 Å². The van der Waals surface area contributed by atoms with Crippen LogP contribution in [0.2, 0.25) is 0 Å². The van der Waals surface area contributed by atoms with E-state index in [4.69, 9.17) is 15.2 Å². The van der Waals surface area contributed by atoms with Crippen LogP contribution in [-0.4, -0.2) is 24.8 Å². The summed E-state index contributed by atoms with van der Waals surface area (Å²) in [4.78, 5) is 4.54. The first-order valence-corrected chi connectivity index (χ1v) is 6.00. The average molecular weight is 236 g/mol. The summed E-state index contributed by atoms with van der Waals surface area (Å²) in [5, 5.41) is 0.973. The maximum absolute atomic E-state index is 5.73. The van der Waals surface area contributed by atoms with Crippen molar-refractivity contribution in [2.45, 2.75) is 6.10 Å². The van der Waals surface area contributed by atoms with Crippen molar-refractivity contribution in [3.05, 3.63) is 23.2 Å². The lowest BCUT2D eigenvalue weighted by Gasteiger charge is -2.20. The fourth-order valence-electron chi connectivity index (χ4n) is 1.73. The number of nitrogen functional groups attached to an aromatic ring is 1. The zero-order valence-electron chi connectivity index (χ0n) is 8.68. The molecule has 84 valence electrons. The molecule has 1 saturated heterocycles. The van der Waals surface area contributed by atoms with Gasteiger partial charge in [-0.05, 0) is 18.2 Å². The van der Waals surface area contributed by atoms with Crippen molar-refractivity contribution in [1.29, 1.82) is 0 Å². The molecule has 4 nitrogen and oxygen atoms in total. The molecule has 0 spiro atoms. The lowest BCUT2D eigenvalue weighted by molar-refractivity contribution is -0.0901. The Labute approximate surface area is 97.0 Å². The third-order valence-electron chi connectivity index (χ3n) is 2.52. The van der Waals surface area contributed by atoms with Crippen molar-refractivity contribution in [2.24, 2.45) is 0 Å². The number of fused-ring (bicyclic) bond motifs is 1. The molecule has 5 heteroatoms. The van der Waals surface area contributed by atoms with Gasteiger partial charge in [0.05, 0.1) is 30.0 Å². The minimum Gasteiger partial charge on any atom is -0.399 e. The Hall–Kier alpha value is -1.17. The molecule has 1 aliphatic rings. The van der Waals surface area contributed by atoms with Gasteiger partial charge in [0.1, 0.15) is 11.1 Å². The largest absolute Gasteiger partial charge is 0.399 e. The highest BCUT2D eigenvalue weighted by atomic mass is 32.1. The van der Waals surface area contributed by atoms with E-state index >= 15 is 0 Å². The number of aromatic nitrogens is 1. The summed E-state index contributed by atoms with van der Waals surface area (Å²) in [6.07, 6.45) is -0.0209. The van der Waals surface area contributed by atoms with Gasteiger partial charge in [0.2, 0.25) is 0 Å². The third kappa shape index (κ3) is 1.77. The topological polar surface area (TPSA) is 57.4 Å². The molecule has 0 bridgehead atoms. The minimum atomic E-state index is -0.0209. The van der Waals surface area contributed by atoms with Crippen LogP contribution < -0.4 is 5.73 Å². The molecule has 1 atom stereocenters. The number of nitrogens with two attached hydrogens (primary N) is 1. The predicted octanol–water partition coefficient (Wildman–Crippen LogP) is 1.97. The van der Waals surface area contributed by atoms with Gasteiger partial charge >= 0.3 is 0 Å². The van der Waals surface area contributed by atoms with Crippen LogP contribution in [0.5, 0.6) is 0 Å². The Morgan fingerprint density at radius 3 is 3.12 bits per heavy atom. The second-order valence-corrected chi connectivity index (χ2v) is 4.78. The molecular weight excluding hydrogens is 224 g/mol. The van der Waals surface area contributed by atoms with E-state index in [9.17, 15) is 0 Å². The molecule has 2 N–H and O–H groups in total. The number of benzene rings is 1. The number of hydrogen-bond acceptors (Lipinski definition) is 5. The maximum Gasteiger partial charge on any atom is 0.132 e. The summed E-state index contributed by atoms with van der Waals surface area (Å²) in [7, 11) is 0. The van der Waals surface area contributed by atoms with E-state index in [0.717, 1.165) is 20.9 Å². The van der Waals surface area contributed by atoms with Crippen LogP contribution in [0.25, 0.3) is 10.2 Å². The van der Waals surface area contributed by atoms with E-state index in [1.54, 1.807) is 11.3 Å². The molecule has 0 radical (unpaired) electrons. The summed E-state index contributed by atoms with van der Waals surface area (Å²) in [5.74, 6) is 0. The average Bonchev–Trinajstić information content (AvgIpc) is 2.73. The van der Waals surface area contributed by atoms with Gasteiger partial charge in [0, 0.05) is 5.69 Å². The fourth-order valence-corrected chi connectivity index (χ4v) is 2.78. The molecule has 16 heavy (non-hydrogen) atoms. The Kier molecular flexibility index (Phi) is 2.51. The first kappa shape index (κ1) is 10.0. The Balaban J connectivity index is 1.97. The van der Waals surface area contributed by atoms with Gasteiger partial charge in [-0.15, -0.1) is 11.3 Å². The molecule has 1 aromatic carbocycles. The van der Waals surface area contributed by atoms with Gasteiger partial charge in [-0.25, -0.2) is 4.98 Å². The van der Waals surface area contributed by atoms with E-state index in [1.807, 2.05) is 18.2 Å². The molecule has 0 amide bonds. The second-order valence-electron chi connectivity index (χ2n) is 3.71. The van der Waals surface area contributed by atoms with Crippen LogP contribution in [-0.2, 0) is 9.47 Å². The van der Waals surface area contributed by atoms with Crippen LogP contribution >= 0.6 is 11.3 Å². The fraction of sp³-hybridized carbons (Fsp3) is 0.364. The highest BCUT2D eigenvalue weighted by molar-refractivity contribution is 7.18. The number of rotatable bonds is 1. The lowest BCUT2D eigenvalue weighted by Crippen LogP contribution is -2.21. The van der Waals surface area contributed by atoms with Crippen molar-refractivity contribution >= 4 is 27.2 Å².